The topological polar surface area (TPSA) is 86.8 Å². The van der Waals surface area contributed by atoms with Crippen LogP contribution in [0.5, 0.6) is 0 Å². The number of hydrogen-bond donors (Lipinski definition) is 1. The number of carbonyl (C=O) groups is 2. The molecule has 2 amide bonds. The van der Waals surface area contributed by atoms with Gasteiger partial charge in [-0.1, -0.05) is 20.8 Å². The molecule has 0 bridgehead atoms. The predicted octanol–water partition coefficient (Wildman–Crippen LogP) is 1.98. The van der Waals surface area contributed by atoms with Crippen molar-refractivity contribution in [3.63, 3.8) is 0 Å². The fourth-order valence-corrected chi connectivity index (χ4v) is 5.84. The molecule has 2 rings (SSSR count). The van der Waals surface area contributed by atoms with E-state index in [1.165, 1.54) is 4.31 Å². The fourth-order valence-electron chi connectivity index (χ4n) is 4.26. The largest absolute Gasteiger partial charge is 0.353 e. The molecule has 2 fully saturated rings. The Labute approximate surface area is 170 Å². The quantitative estimate of drug-likeness (QED) is 0.657. The van der Waals surface area contributed by atoms with Gasteiger partial charge in [-0.15, -0.1) is 0 Å². The second kappa shape index (κ2) is 10.6. The highest BCUT2D eigenvalue weighted by molar-refractivity contribution is 7.89. The molecule has 7 nitrogen and oxygen atoms in total. The number of piperidine rings is 2. The first-order chi connectivity index (χ1) is 13.3. The van der Waals surface area contributed by atoms with Crippen molar-refractivity contribution in [2.45, 2.75) is 71.8 Å². The molecular formula is C20H37N3O4S. The van der Waals surface area contributed by atoms with Crippen molar-refractivity contribution in [1.82, 2.24) is 14.5 Å². The monoisotopic (exact) mass is 415 g/mol. The van der Waals surface area contributed by atoms with Gasteiger partial charge in [0, 0.05) is 38.1 Å². The van der Waals surface area contributed by atoms with E-state index in [0.717, 1.165) is 38.5 Å². The summed E-state index contributed by atoms with van der Waals surface area (Å²) in [7, 11) is -3.25. The van der Waals surface area contributed by atoms with E-state index in [4.69, 9.17) is 0 Å². The lowest BCUT2D eigenvalue weighted by Crippen LogP contribution is -2.51. The summed E-state index contributed by atoms with van der Waals surface area (Å²) in [6.07, 6.45) is 5.31. The normalized spacial score (nSPS) is 22.4. The van der Waals surface area contributed by atoms with Gasteiger partial charge in [0.1, 0.15) is 0 Å². The number of hydrogen-bond acceptors (Lipinski definition) is 4. The van der Waals surface area contributed by atoms with Crippen LogP contribution in [-0.2, 0) is 19.6 Å². The molecule has 1 N–H and O–H groups in total. The summed E-state index contributed by atoms with van der Waals surface area (Å²) in [4.78, 5) is 27.1. The average molecular weight is 416 g/mol. The summed E-state index contributed by atoms with van der Waals surface area (Å²) in [5, 5.41) is 3.11. The molecule has 0 spiro atoms. The molecule has 28 heavy (non-hydrogen) atoms. The number of sulfonamides is 1. The summed E-state index contributed by atoms with van der Waals surface area (Å²) in [5.74, 6) is 0.165. The highest BCUT2D eigenvalue weighted by Crippen LogP contribution is 2.22. The summed E-state index contributed by atoms with van der Waals surface area (Å²) < 4.78 is 26.1. The number of likely N-dealkylation sites (tertiary alicyclic amines) is 1. The number of nitrogens with zero attached hydrogens (tertiary/aromatic N) is 2. The van der Waals surface area contributed by atoms with E-state index in [2.05, 4.69) is 5.32 Å². The van der Waals surface area contributed by atoms with Gasteiger partial charge in [0.25, 0.3) is 0 Å². The molecule has 1 atom stereocenters. The molecule has 0 aliphatic carbocycles. The minimum Gasteiger partial charge on any atom is -0.353 e. The molecule has 2 heterocycles. The minimum atomic E-state index is -3.25. The van der Waals surface area contributed by atoms with Crippen LogP contribution in [0.3, 0.4) is 0 Å². The predicted molar refractivity (Wildman–Crippen MR) is 110 cm³/mol. The molecule has 1 unspecified atom stereocenters. The standard InChI is InChI=1S/C20H37N3O4S/c1-4-14-28(26,27)23-11-7-8-17(15-23)19(24)21-18-9-12-22(13-10-18)20(25)16(5-2)6-3/h16-18H,4-15H2,1-3H3,(H,21,24). The third kappa shape index (κ3) is 5.92. The highest BCUT2D eigenvalue weighted by Gasteiger charge is 2.33. The van der Waals surface area contributed by atoms with E-state index in [1.807, 2.05) is 25.7 Å². The minimum absolute atomic E-state index is 0.0406. The summed E-state index contributed by atoms with van der Waals surface area (Å²) in [6.45, 7) is 8.12. The third-order valence-electron chi connectivity index (χ3n) is 6.10. The van der Waals surface area contributed by atoms with Crippen molar-refractivity contribution < 1.29 is 18.0 Å². The molecule has 0 aromatic rings. The Kier molecular flexibility index (Phi) is 8.74. The van der Waals surface area contributed by atoms with Gasteiger partial charge >= 0.3 is 0 Å². The smallest absolute Gasteiger partial charge is 0.225 e. The molecule has 162 valence electrons. The molecule has 2 aliphatic heterocycles. The first-order valence-corrected chi connectivity index (χ1v) is 12.5. The Bertz CT molecular complexity index is 625. The first kappa shape index (κ1) is 23.1. The molecule has 8 heteroatoms. The van der Waals surface area contributed by atoms with E-state index in [9.17, 15) is 18.0 Å². The zero-order valence-corrected chi connectivity index (χ0v) is 18.5. The van der Waals surface area contributed by atoms with Crippen molar-refractivity contribution in [3.8, 4) is 0 Å². The molecule has 0 aromatic carbocycles. The van der Waals surface area contributed by atoms with Crippen LogP contribution in [0.15, 0.2) is 0 Å². The van der Waals surface area contributed by atoms with Gasteiger partial charge in [0.15, 0.2) is 0 Å². The Morgan fingerprint density at radius 1 is 1.04 bits per heavy atom. The maximum absolute atomic E-state index is 12.7. The van der Waals surface area contributed by atoms with Crippen LogP contribution in [0, 0.1) is 11.8 Å². The molecule has 2 saturated heterocycles. The van der Waals surface area contributed by atoms with E-state index in [0.29, 0.717) is 32.6 Å². The second-order valence-electron chi connectivity index (χ2n) is 8.13. The van der Waals surface area contributed by atoms with Gasteiger partial charge in [0.05, 0.1) is 11.7 Å². The molecular weight excluding hydrogens is 378 g/mol. The third-order valence-corrected chi connectivity index (χ3v) is 8.14. The summed E-state index contributed by atoms with van der Waals surface area (Å²) in [6, 6.07) is 0.0703. The second-order valence-corrected chi connectivity index (χ2v) is 10.2. The van der Waals surface area contributed by atoms with Crippen LogP contribution in [0.1, 0.15) is 65.7 Å². The van der Waals surface area contributed by atoms with Crippen LogP contribution >= 0.6 is 0 Å². The highest BCUT2D eigenvalue weighted by atomic mass is 32.2. The lowest BCUT2D eigenvalue weighted by atomic mass is 9.96. The number of nitrogens with one attached hydrogen (secondary N) is 1. The van der Waals surface area contributed by atoms with Crippen LogP contribution in [0.4, 0.5) is 0 Å². The zero-order valence-electron chi connectivity index (χ0n) is 17.7. The Morgan fingerprint density at radius 3 is 2.25 bits per heavy atom. The Balaban J connectivity index is 1.83. The number of amides is 2. The van der Waals surface area contributed by atoms with Crippen molar-refractivity contribution in [2.75, 3.05) is 31.9 Å². The van der Waals surface area contributed by atoms with Crippen molar-refractivity contribution in [3.05, 3.63) is 0 Å². The van der Waals surface area contributed by atoms with Crippen LogP contribution in [-0.4, -0.2) is 67.4 Å². The van der Waals surface area contributed by atoms with Gasteiger partial charge in [-0.25, -0.2) is 12.7 Å². The summed E-state index contributed by atoms with van der Waals surface area (Å²) in [5.41, 5.74) is 0. The van der Waals surface area contributed by atoms with E-state index in [1.54, 1.807) is 0 Å². The van der Waals surface area contributed by atoms with Gasteiger partial charge in [-0.3, -0.25) is 9.59 Å². The van der Waals surface area contributed by atoms with Gasteiger partial charge < -0.3 is 10.2 Å². The van der Waals surface area contributed by atoms with E-state index in [-0.39, 0.29) is 35.4 Å². The maximum atomic E-state index is 12.7. The van der Waals surface area contributed by atoms with Crippen molar-refractivity contribution in [1.29, 1.82) is 0 Å². The van der Waals surface area contributed by atoms with Gasteiger partial charge in [0.2, 0.25) is 21.8 Å². The lowest BCUT2D eigenvalue weighted by Gasteiger charge is -2.36. The lowest BCUT2D eigenvalue weighted by molar-refractivity contribution is -0.137. The molecule has 0 radical (unpaired) electrons. The molecule has 2 aliphatic rings. The molecule has 0 aromatic heterocycles. The number of rotatable bonds is 8. The van der Waals surface area contributed by atoms with Crippen LogP contribution < -0.4 is 5.32 Å². The average Bonchev–Trinajstić information content (AvgIpc) is 2.69. The van der Waals surface area contributed by atoms with Crippen molar-refractivity contribution in [2.24, 2.45) is 11.8 Å². The van der Waals surface area contributed by atoms with Crippen LogP contribution in [0.25, 0.3) is 0 Å². The summed E-state index contributed by atoms with van der Waals surface area (Å²) >= 11 is 0. The van der Waals surface area contributed by atoms with E-state index < -0.39 is 10.0 Å². The van der Waals surface area contributed by atoms with Crippen molar-refractivity contribution >= 4 is 21.8 Å². The van der Waals surface area contributed by atoms with Gasteiger partial charge in [-0.2, -0.15) is 0 Å². The SMILES string of the molecule is CCCS(=O)(=O)N1CCCC(C(=O)NC2CCN(C(=O)C(CC)CC)CC2)C1. The maximum Gasteiger partial charge on any atom is 0.225 e. The fraction of sp³-hybridized carbons (Fsp3) is 0.900. The number of carbonyl (C=O) groups excluding carboxylic acids is 2. The Hall–Kier alpha value is -1.15. The van der Waals surface area contributed by atoms with E-state index >= 15 is 0 Å². The first-order valence-electron chi connectivity index (χ1n) is 10.9. The van der Waals surface area contributed by atoms with Gasteiger partial charge in [-0.05, 0) is 44.9 Å². The van der Waals surface area contributed by atoms with Crippen LogP contribution in [0.2, 0.25) is 0 Å². The zero-order chi connectivity index (χ0) is 20.7. The Morgan fingerprint density at radius 2 is 1.68 bits per heavy atom. The molecule has 0 saturated carbocycles.